The van der Waals surface area contributed by atoms with Crippen molar-refractivity contribution in [3.05, 3.63) is 59.7 Å². The Bertz CT molecular complexity index is 1000. The lowest BCUT2D eigenvalue weighted by atomic mass is 10.2. The van der Waals surface area contributed by atoms with Crippen molar-refractivity contribution in [1.29, 1.82) is 0 Å². The van der Waals surface area contributed by atoms with Gasteiger partial charge in [-0.25, -0.2) is 8.42 Å². The predicted molar refractivity (Wildman–Crippen MR) is 130 cm³/mol. The first-order valence-electron chi connectivity index (χ1n) is 11.6. The molecular weight excluding hydrogens is 438 g/mol. The quantitative estimate of drug-likeness (QED) is 0.534. The van der Waals surface area contributed by atoms with Gasteiger partial charge in [0.1, 0.15) is 5.75 Å². The molecule has 7 nitrogen and oxygen atoms in total. The number of carbonyl (C=O) groups is 1. The van der Waals surface area contributed by atoms with Crippen LogP contribution in [0, 0.1) is 0 Å². The Balaban J connectivity index is 1.59. The number of amides is 1. The largest absolute Gasteiger partial charge is 0.496 e. The summed E-state index contributed by atoms with van der Waals surface area (Å²) in [6, 6.07) is 14.8. The second-order valence-electron chi connectivity index (χ2n) is 8.51. The van der Waals surface area contributed by atoms with Gasteiger partial charge in [-0.2, -0.15) is 4.31 Å². The lowest BCUT2D eigenvalue weighted by Gasteiger charge is -2.21. The van der Waals surface area contributed by atoms with Crippen LogP contribution < -0.4 is 10.1 Å². The maximum absolute atomic E-state index is 13.1. The third-order valence-electron chi connectivity index (χ3n) is 5.92. The van der Waals surface area contributed by atoms with Crippen molar-refractivity contribution >= 4 is 15.9 Å². The molecule has 1 saturated heterocycles. The summed E-state index contributed by atoms with van der Waals surface area (Å²) < 4.78 is 33.2. The number of hydrogen-bond donors (Lipinski definition) is 1. The standard InChI is InChI=1S/C25H35N3O4S/c1-27(20-21-11-6-5-7-12-21)16-10-15-26-25(29)23-19-22(13-14-24(23)32-2)33(30,31)28-17-8-3-4-9-18-28/h5-7,11-14,19H,3-4,8-10,15-18,20H2,1-2H3,(H,26,29). The Kier molecular flexibility index (Phi) is 9.29. The molecule has 0 unspecified atom stereocenters. The van der Waals surface area contributed by atoms with Gasteiger partial charge in [-0.3, -0.25) is 4.79 Å². The van der Waals surface area contributed by atoms with Gasteiger partial charge in [-0.1, -0.05) is 43.2 Å². The molecule has 8 heteroatoms. The van der Waals surface area contributed by atoms with E-state index in [2.05, 4.69) is 29.4 Å². The third-order valence-corrected chi connectivity index (χ3v) is 7.81. The van der Waals surface area contributed by atoms with Gasteiger partial charge in [0, 0.05) is 26.2 Å². The van der Waals surface area contributed by atoms with Crippen LogP contribution in [0.1, 0.15) is 48.0 Å². The van der Waals surface area contributed by atoms with Gasteiger partial charge in [0.2, 0.25) is 10.0 Å². The lowest BCUT2D eigenvalue weighted by Crippen LogP contribution is -2.32. The maximum Gasteiger partial charge on any atom is 0.255 e. The van der Waals surface area contributed by atoms with E-state index >= 15 is 0 Å². The average molecular weight is 474 g/mol. The molecule has 3 rings (SSSR count). The second-order valence-corrected chi connectivity index (χ2v) is 10.5. The number of benzene rings is 2. The number of hydrogen-bond acceptors (Lipinski definition) is 5. The van der Waals surface area contributed by atoms with Crippen LogP contribution in [0.15, 0.2) is 53.4 Å². The summed E-state index contributed by atoms with van der Waals surface area (Å²) in [5.74, 6) is 0.0361. The van der Waals surface area contributed by atoms with Gasteiger partial charge in [0.25, 0.3) is 5.91 Å². The fourth-order valence-electron chi connectivity index (χ4n) is 4.08. The van der Waals surface area contributed by atoms with Crippen LogP contribution in [0.3, 0.4) is 0 Å². The molecule has 1 aliphatic heterocycles. The monoisotopic (exact) mass is 473 g/mol. The molecule has 1 N–H and O–H groups in total. The Hall–Kier alpha value is -2.42. The minimum Gasteiger partial charge on any atom is -0.496 e. The van der Waals surface area contributed by atoms with Crippen LogP contribution in [-0.2, 0) is 16.6 Å². The van der Waals surface area contributed by atoms with Crippen molar-refractivity contribution in [3.63, 3.8) is 0 Å². The Morgan fingerprint density at radius 3 is 2.42 bits per heavy atom. The smallest absolute Gasteiger partial charge is 0.255 e. The van der Waals surface area contributed by atoms with E-state index in [1.165, 1.54) is 29.1 Å². The summed E-state index contributed by atoms with van der Waals surface area (Å²) in [7, 11) is -0.111. The van der Waals surface area contributed by atoms with E-state index in [0.29, 0.717) is 25.4 Å². The Morgan fingerprint density at radius 2 is 1.76 bits per heavy atom. The topological polar surface area (TPSA) is 79.0 Å². The molecular formula is C25H35N3O4S. The van der Waals surface area contributed by atoms with Crippen molar-refractivity contribution in [2.45, 2.75) is 43.5 Å². The molecule has 0 spiro atoms. The molecule has 0 aliphatic carbocycles. The molecule has 1 fully saturated rings. The summed E-state index contributed by atoms with van der Waals surface area (Å²) in [6.07, 6.45) is 4.59. The van der Waals surface area contributed by atoms with Crippen LogP contribution >= 0.6 is 0 Å². The second kappa shape index (κ2) is 12.2. The van der Waals surface area contributed by atoms with E-state index in [-0.39, 0.29) is 16.4 Å². The molecule has 0 radical (unpaired) electrons. The number of carbonyl (C=O) groups excluding carboxylic acids is 1. The number of ether oxygens (including phenoxy) is 1. The van der Waals surface area contributed by atoms with Crippen molar-refractivity contribution < 1.29 is 17.9 Å². The summed E-state index contributed by atoms with van der Waals surface area (Å²) in [6.45, 7) is 3.21. The van der Waals surface area contributed by atoms with Gasteiger partial charge < -0.3 is 15.0 Å². The van der Waals surface area contributed by atoms with Gasteiger partial charge >= 0.3 is 0 Å². The zero-order valence-electron chi connectivity index (χ0n) is 19.6. The highest BCUT2D eigenvalue weighted by atomic mass is 32.2. The zero-order chi connectivity index (χ0) is 23.7. The lowest BCUT2D eigenvalue weighted by molar-refractivity contribution is 0.0948. The number of nitrogens with one attached hydrogen (secondary N) is 1. The van der Waals surface area contributed by atoms with E-state index in [0.717, 1.165) is 45.2 Å². The molecule has 1 heterocycles. The minimum absolute atomic E-state index is 0.137. The van der Waals surface area contributed by atoms with Crippen LogP contribution in [-0.4, -0.2) is 63.9 Å². The Morgan fingerprint density at radius 1 is 1.06 bits per heavy atom. The van der Waals surface area contributed by atoms with Gasteiger partial charge in [0.15, 0.2) is 0 Å². The van der Waals surface area contributed by atoms with E-state index in [1.54, 1.807) is 6.07 Å². The molecule has 1 aliphatic rings. The summed E-state index contributed by atoms with van der Waals surface area (Å²) >= 11 is 0. The minimum atomic E-state index is -3.64. The molecule has 180 valence electrons. The van der Waals surface area contributed by atoms with Gasteiger partial charge in [0.05, 0.1) is 17.6 Å². The zero-order valence-corrected chi connectivity index (χ0v) is 20.4. The fourth-order valence-corrected chi connectivity index (χ4v) is 5.62. The highest BCUT2D eigenvalue weighted by Crippen LogP contribution is 2.26. The molecule has 2 aromatic rings. The van der Waals surface area contributed by atoms with E-state index in [4.69, 9.17) is 4.74 Å². The van der Waals surface area contributed by atoms with E-state index in [9.17, 15) is 13.2 Å². The van der Waals surface area contributed by atoms with Gasteiger partial charge in [-0.15, -0.1) is 0 Å². The number of rotatable bonds is 10. The first-order chi connectivity index (χ1) is 15.9. The fraction of sp³-hybridized carbons (Fsp3) is 0.480. The molecule has 2 aromatic carbocycles. The Labute approximate surface area is 197 Å². The third kappa shape index (κ3) is 7.03. The highest BCUT2D eigenvalue weighted by molar-refractivity contribution is 7.89. The van der Waals surface area contributed by atoms with E-state index < -0.39 is 10.0 Å². The molecule has 1 amide bonds. The normalized spacial score (nSPS) is 15.2. The van der Waals surface area contributed by atoms with Crippen molar-refractivity contribution in [2.75, 3.05) is 40.3 Å². The van der Waals surface area contributed by atoms with Crippen LogP contribution in [0.5, 0.6) is 5.75 Å². The predicted octanol–water partition coefficient (Wildman–Crippen LogP) is 3.51. The van der Waals surface area contributed by atoms with Crippen LogP contribution in [0.2, 0.25) is 0 Å². The summed E-state index contributed by atoms with van der Waals surface area (Å²) in [4.78, 5) is 15.2. The maximum atomic E-state index is 13.1. The summed E-state index contributed by atoms with van der Waals surface area (Å²) in [5.41, 5.74) is 1.49. The highest BCUT2D eigenvalue weighted by Gasteiger charge is 2.27. The first kappa shape index (κ1) is 25.2. The SMILES string of the molecule is COc1ccc(S(=O)(=O)N2CCCCCC2)cc1C(=O)NCCCN(C)Cc1ccccc1. The van der Waals surface area contributed by atoms with Crippen LogP contribution in [0.4, 0.5) is 0 Å². The molecule has 0 saturated carbocycles. The number of sulfonamides is 1. The molecule has 0 aromatic heterocycles. The number of methoxy groups -OCH3 is 1. The van der Waals surface area contributed by atoms with Crippen molar-refractivity contribution in [1.82, 2.24) is 14.5 Å². The van der Waals surface area contributed by atoms with Crippen LogP contribution in [0.25, 0.3) is 0 Å². The van der Waals surface area contributed by atoms with Gasteiger partial charge in [-0.05, 0) is 56.6 Å². The first-order valence-corrected chi connectivity index (χ1v) is 13.0. The summed E-state index contributed by atoms with van der Waals surface area (Å²) in [5, 5.41) is 2.91. The molecule has 0 bridgehead atoms. The molecule has 0 atom stereocenters. The number of nitrogens with zero attached hydrogens (tertiary/aromatic N) is 2. The molecule has 33 heavy (non-hydrogen) atoms. The van der Waals surface area contributed by atoms with E-state index in [1.807, 2.05) is 18.2 Å². The van der Waals surface area contributed by atoms with Crippen molar-refractivity contribution in [3.8, 4) is 5.75 Å². The average Bonchev–Trinajstić information content (AvgIpc) is 3.12. The van der Waals surface area contributed by atoms with Crippen molar-refractivity contribution in [2.24, 2.45) is 0 Å².